The number of halogens is 1. The van der Waals surface area contributed by atoms with Crippen molar-refractivity contribution in [3.05, 3.63) is 28.2 Å². The van der Waals surface area contributed by atoms with Gasteiger partial charge in [0, 0.05) is 28.4 Å². The van der Waals surface area contributed by atoms with Gasteiger partial charge >= 0.3 is 0 Å². The van der Waals surface area contributed by atoms with Gasteiger partial charge in [0.2, 0.25) is 0 Å². The summed E-state index contributed by atoms with van der Waals surface area (Å²) in [7, 11) is 0. The lowest BCUT2D eigenvalue weighted by molar-refractivity contribution is 0.464. The number of thioether (sulfide) groups is 1. The molecule has 0 aliphatic heterocycles. The second-order valence-electron chi connectivity index (χ2n) is 3.45. The molecular formula is C11H16BrNOS. The van der Waals surface area contributed by atoms with E-state index in [4.69, 9.17) is 0 Å². The van der Waals surface area contributed by atoms with Gasteiger partial charge in [0.15, 0.2) is 0 Å². The summed E-state index contributed by atoms with van der Waals surface area (Å²) < 4.78 is 0.995. The highest BCUT2D eigenvalue weighted by Gasteiger charge is 2.03. The summed E-state index contributed by atoms with van der Waals surface area (Å²) in [4.78, 5) is 0. The van der Waals surface area contributed by atoms with Crippen LogP contribution in [0.1, 0.15) is 12.5 Å². The van der Waals surface area contributed by atoms with Gasteiger partial charge in [-0.2, -0.15) is 11.8 Å². The summed E-state index contributed by atoms with van der Waals surface area (Å²) >= 11 is 5.22. The standard InChI is InChI=1S/C11H16BrNOS/c1-8(15-2)6-13-7-9-5-10(12)3-4-11(9)14/h3-5,8,13-14H,6-7H2,1-2H3. The van der Waals surface area contributed by atoms with E-state index < -0.39 is 0 Å². The van der Waals surface area contributed by atoms with E-state index in [1.165, 1.54) is 0 Å². The number of aromatic hydroxyl groups is 1. The molecule has 0 fully saturated rings. The fourth-order valence-electron chi connectivity index (χ4n) is 1.19. The van der Waals surface area contributed by atoms with Crippen LogP contribution < -0.4 is 5.32 Å². The molecule has 0 saturated carbocycles. The molecule has 0 aliphatic carbocycles. The lowest BCUT2D eigenvalue weighted by Gasteiger charge is -2.10. The third-order valence-electron chi connectivity index (χ3n) is 2.19. The Labute approximate surface area is 104 Å². The highest BCUT2D eigenvalue weighted by molar-refractivity contribution is 9.10. The lowest BCUT2D eigenvalue weighted by atomic mass is 10.2. The summed E-state index contributed by atoms with van der Waals surface area (Å²) in [5.74, 6) is 0.350. The van der Waals surface area contributed by atoms with Crippen molar-refractivity contribution >= 4 is 27.7 Å². The van der Waals surface area contributed by atoms with Crippen LogP contribution in [0.2, 0.25) is 0 Å². The number of nitrogens with one attached hydrogen (secondary N) is 1. The molecule has 0 spiro atoms. The van der Waals surface area contributed by atoms with Gasteiger partial charge in [-0.05, 0) is 24.5 Å². The molecule has 1 atom stereocenters. The topological polar surface area (TPSA) is 32.3 Å². The van der Waals surface area contributed by atoms with Crippen molar-refractivity contribution < 1.29 is 5.11 Å². The molecule has 0 bridgehead atoms. The van der Waals surface area contributed by atoms with Crippen molar-refractivity contribution in [1.29, 1.82) is 0 Å². The maximum Gasteiger partial charge on any atom is 0.120 e. The Kier molecular flexibility index (Phi) is 5.50. The summed E-state index contributed by atoms with van der Waals surface area (Å²) in [6.07, 6.45) is 2.10. The zero-order valence-electron chi connectivity index (χ0n) is 8.96. The number of phenolic OH excluding ortho intramolecular Hbond substituents is 1. The first kappa shape index (κ1) is 12.9. The van der Waals surface area contributed by atoms with Crippen LogP contribution in [0.3, 0.4) is 0 Å². The van der Waals surface area contributed by atoms with Gasteiger partial charge in [-0.1, -0.05) is 22.9 Å². The monoisotopic (exact) mass is 289 g/mol. The van der Waals surface area contributed by atoms with Gasteiger partial charge < -0.3 is 10.4 Å². The van der Waals surface area contributed by atoms with E-state index in [1.54, 1.807) is 6.07 Å². The Morgan fingerprint density at radius 3 is 2.93 bits per heavy atom. The Balaban J connectivity index is 2.46. The van der Waals surface area contributed by atoms with Crippen LogP contribution in [-0.4, -0.2) is 23.2 Å². The smallest absolute Gasteiger partial charge is 0.120 e. The van der Waals surface area contributed by atoms with Crippen molar-refractivity contribution in [2.75, 3.05) is 12.8 Å². The van der Waals surface area contributed by atoms with Gasteiger partial charge in [-0.15, -0.1) is 0 Å². The molecule has 2 N–H and O–H groups in total. The van der Waals surface area contributed by atoms with Crippen molar-refractivity contribution in [3.63, 3.8) is 0 Å². The van der Waals surface area contributed by atoms with Crippen molar-refractivity contribution in [3.8, 4) is 5.75 Å². The molecule has 0 radical (unpaired) electrons. The molecule has 84 valence electrons. The van der Waals surface area contributed by atoms with Gasteiger partial charge in [0.1, 0.15) is 5.75 Å². The van der Waals surface area contributed by atoms with Crippen molar-refractivity contribution in [1.82, 2.24) is 5.32 Å². The van der Waals surface area contributed by atoms with Crippen LogP contribution in [-0.2, 0) is 6.54 Å². The minimum Gasteiger partial charge on any atom is -0.508 e. The molecule has 15 heavy (non-hydrogen) atoms. The van der Waals surface area contributed by atoms with E-state index in [-0.39, 0.29) is 0 Å². The molecule has 1 aromatic rings. The van der Waals surface area contributed by atoms with Crippen LogP contribution in [0, 0.1) is 0 Å². The van der Waals surface area contributed by atoms with Crippen molar-refractivity contribution in [2.24, 2.45) is 0 Å². The molecule has 1 aromatic carbocycles. The molecule has 2 nitrogen and oxygen atoms in total. The predicted octanol–water partition coefficient (Wildman–Crippen LogP) is 3.00. The van der Waals surface area contributed by atoms with E-state index in [2.05, 4.69) is 34.4 Å². The van der Waals surface area contributed by atoms with E-state index in [0.29, 0.717) is 17.5 Å². The lowest BCUT2D eigenvalue weighted by Crippen LogP contribution is -2.22. The minimum atomic E-state index is 0.350. The average molecular weight is 290 g/mol. The number of hydrogen-bond donors (Lipinski definition) is 2. The zero-order chi connectivity index (χ0) is 11.3. The van der Waals surface area contributed by atoms with E-state index in [0.717, 1.165) is 16.6 Å². The van der Waals surface area contributed by atoms with E-state index in [1.807, 2.05) is 23.9 Å². The first-order valence-electron chi connectivity index (χ1n) is 4.84. The Morgan fingerprint density at radius 1 is 1.53 bits per heavy atom. The van der Waals surface area contributed by atoms with Gasteiger partial charge in [-0.3, -0.25) is 0 Å². The van der Waals surface area contributed by atoms with Gasteiger partial charge in [0.05, 0.1) is 0 Å². The van der Waals surface area contributed by atoms with Crippen LogP contribution in [0.15, 0.2) is 22.7 Å². The van der Waals surface area contributed by atoms with Crippen LogP contribution in [0.5, 0.6) is 5.75 Å². The summed E-state index contributed by atoms with van der Waals surface area (Å²) in [5.41, 5.74) is 0.928. The number of benzene rings is 1. The third-order valence-corrected chi connectivity index (χ3v) is 3.66. The minimum absolute atomic E-state index is 0.350. The molecule has 0 heterocycles. The Morgan fingerprint density at radius 2 is 2.27 bits per heavy atom. The van der Waals surface area contributed by atoms with E-state index >= 15 is 0 Å². The Hall–Kier alpha value is -0.190. The highest BCUT2D eigenvalue weighted by atomic mass is 79.9. The number of hydrogen-bond acceptors (Lipinski definition) is 3. The average Bonchev–Trinajstić information content (AvgIpc) is 2.23. The molecule has 0 aromatic heterocycles. The van der Waals surface area contributed by atoms with Crippen LogP contribution in [0.25, 0.3) is 0 Å². The first-order chi connectivity index (χ1) is 7.13. The predicted molar refractivity (Wildman–Crippen MR) is 70.5 cm³/mol. The van der Waals surface area contributed by atoms with Crippen LogP contribution >= 0.6 is 27.7 Å². The second-order valence-corrected chi connectivity index (χ2v) is 5.64. The molecule has 1 rings (SSSR count). The summed E-state index contributed by atoms with van der Waals surface area (Å²) in [6.45, 7) is 3.84. The molecule has 0 saturated heterocycles. The van der Waals surface area contributed by atoms with E-state index in [9.17, 15) is 5.11 Å². The third kappa shape index (κ3) is 4.45. The zero-order valence-corrected chi connectivity index (χ0v) is 11.4. The summed E-state index contributed by atoms with van der Waals surface area (Å²) in [6, 6.07) is 5.48. The molecule has 0 amide bonds. The molecule has 1 unspecified atom stereocenters. The van der Waals surface area contributed by atoms with Gasteiger partial charge in [0.25, 0.3) is 0 Å². The fourth-order valence-corrected chi connectivity index (χ4v) is 1.88. The normalized spacial score (nSPS) is 12.7. The number of rotatable bonds is 5. The first-order valence-corrected chi connectivity index (χ1v) is 6.92. The largest absolute Gasteiger partial charge is 0.508 e. The SMILES string of the molecule is CSC(C)CNCc1cc(Br)ccc1O. The Bertz CT molecular complexity index is 319. The quantitative estimate of drug-likeness (QED) is 0.874. The highest BCUT2D eigenvalue weighted by Crippen LogP contribution is 2.21. The van der Waals surface area contributed by atoms with Crippen LogP contribution in [0.4, 0.5) is 0 Å². The maximum atomic E-state index is 9.59. The fraction of sp³-hybridized carbons (Fsp3) is 0.455. The molecular weight excluding hydrogens is 274 g/mol. The second kappa shape index (κ2) is 6.40. The van der Waals surface area contributed by atoms with Gasteiger partial charge in [-0.25, -0.2) is 0 Å². The molecule has 4 heteroatoms. The number of phenols is 1. The summed E-state index contributed by atoms with van der Waals surface area (Å²) in [5, 5.41) is 13.5. The van der Waals surface area contributed by atoms with Crippen molar-refractivity contribution in [2.45, 2.75) is 18.7 Å². The molecule has 0 aliphatic rings. The maximum absolute atomic E-state index is 9.59.